The van der Waals surface area contributed by atoms with E-state index < -0.39 is 23.5 Å². The average Bonchev–Trinajstić information content (AvgIpc) is 2.79. The lowest BCUT2D eigenvalue weighted by atomic mass is 10.1. The first-order valence-corrected chi connectivity index (χ1v) is 9.49. The largest absolute Gasteiger partial charge is 0.467 e. The maximum atomic E-state index is 13.6. The Labute approximate surface area is 191 Å². The minimum absolute atomic E-state index is 0.0955. The number of nitrogens with zero attached hydrogens (tertiary/aromatic N) is 5. The topological polar surface area (TPSA) is 136 Å². The Kier molecular flexibility index (Phi) is 7.09. The standard InChI is InChI=1S/C20H19F3N8O3/c1-5-14(32)25-13-8-10(2)6-7-12(13)26-15-11(20(21,22)23)9-24-16(27-15)28-17-29-18(33-3)31-19(30-17)34-4/h5-9H,1H2,2-4H3,(H,25,32)(H2,24,26,27,28,29,30,31). The van der Waals surface area contributed by atoms with E-state index >= 15 is 0 Å². The molecule has 34 heavy (non-hydrogen) atoms. The average molecular weight is 476 g/mol. The van der Waals surface area contributed by atoms with E-state index in [9.17, 15) is 18.0 Å². The number of anilines is 5. The summed E-state index contributed by atoms with van der Waals surface area (Å²) < 4.78 is 50.8. The lowest BCUT2D eigenvalue weighted by Crippen LogP contribution is -2.14. The highest BCUT2D eigenvalue weighted by Gasteiger charge is 2.35. The molecule has 1 amide bonds. The normalized spacial score (nSPS) is 10.9. The van der Waals surface area contributed by atoms with E-state index in [2.05, 4.69) is 47.4 Å². The van der Waals surface area contributed by atoms with Crippen LogP contribution < -0.4 is 25.4 Å². The van der Waals surface area contributed by atoms with Gasteiger partial charge in [0.2, 0.25) is 17.8 Å². The van der Waals surface area contributed by atoms with Gasteiger partial charge in [-0.2, -0.15) is 28.1 Å². The summed E-state index contributed by atoms with van der Waals surface area (Å²) in [6, 6.07) is 4.55. The highest BCUT2D eigenvalue weighted by molar-refractivity contribution is 6.01. The van der Waals surface area contributed by atoms with Crippen molar-refractivity contribution in [3.8, 4) is 12.0 Å². The van der Waals surface area contributed by atoms with E-state index in [1.807, 2.05) is 0 Å². The zero-order valence-electron chi connectivity index (χ0n) is 18.2. The van der Waals surface area contributed by atoms with Gasteiger partial charge in [0, 0.05) is 6.20 Å². The second-order valence-corrected chi connectivity index (χ2v) is 6.58. The quantitative estimate of drug-likeness (QED) is 0.414. The van der Waals surface area contributed by atoms with E-state index in [0.29, 0.717) is 6.20 Å². The van der Waals surface area contributed by atoms with Crippen LogP contribution in [0, 0.1) is 6.92 Å². The summed E-state index contributed by atoms with van der Waals surface area (Å²) >= 11 is 0. The summed E-state index contributed by atoms with van der Waals surface area (Å²) in [4.78, 5) is 31.1. The van der Waals surface area contributed by atoms with E-state index in [1.54, 1.807) is 19.1 Å². The fourth-order valence-electron chi connectivity index (χ4n) is 2.60. The number of carbonyl (C=O) groups excluding carboxylic acids is 1. The molecule has 0 spiro atoms. The van der Waals surface area contributed by atoms with Crippen molar-refractivity contribution in [1.82, 2.24) is 24.9 Å². The van der Waals surface area contributed by atoms with Crippen LogP contribution in [0.4, 0.5) is 42.3 Å². The van der Waals surface area contributed by atoms with Crippen LogP contribution in [0.2, 0.25) is 0 Å². The SMILES string of the molecule is C=CC(=O)Nc1cc(C)ccc1Nc1nc(Nc2nc(OC)nc(OC)n2)ncc1C(F)(F)F. The van der Waals surface area contributed by atoms with Crippen molar-refractivity contribution in [2.45, 2.75) is 13.1 Å². The summed E-state index contributed by atoms with van der Waals surface area (Å²) in [5, 5.41) is 7.75. The number of methoxy groups -OCH3 is 2. The number of ether oxygens (including phenoxy) is 2. The number of amides is 1. The minimum atomic E-state index is -4.77. The van der Waals surface area contributed by atoms with Crippen molar-refractivity contribution in [3.05, 3.63) is 48.2 Å². The second kappa shape index (κ2) is 9.97. The van der Waals surface area contributed by atoms with Gasteiger partial charge in [0.25, 0.3) is 0 Å². The predicted molar refractivity (Wildman–Crippen MR) is 117 cm³/mol. The molecule has 0 unspecified atom stereocenters. The maximum Gasteiger partial charge on any atom is 0.421 e. The summed E-state index contributed by atoms with van der Waals surface area (Å²) in [5.41, 5.74) is 0.0340. The molecule has 0 fully saturated rings. The molecule has 0 atom stereocenters. The van der Waals surface area contributed by atoms with Gasteiger partial charge in [0.1, 0.15) is 11.4 Å². The Hall–Kier alpha value is -4.49. The zero-order valence-corrected chi connectivity index (χ0v) is 18.2. The van der Waals surface area contributed by atoms with E-state index in [-0.39, 0.29) is 35.3 Å². The van der Waals surface area contributed by atoms with Crippen LogP contribution in [0.15, 0.2) is 37.1 Å². The molecule has 0 aliphatic rings. The molecule has 3 aromatic rings. The number of halogens is 3. The third-order valence-corrected chi connectivity index (χ3v) is 4.15. The van der Waals surface area contributed by atoms with Crippen LogP contribution in [0.5, 0.6) is 12.0 Å². The first-order chi connectivity index (χ1) is 16.1. The molecule has 0 aliphatic carbocycles. The zero-order chi connectivity index (χ0) is 24.9. The number of nitrogens with one attached hydrogen (secondary N) is 3. The number of rotatable bonds is 8. The van der Waals surface area contributed by atoms with Crippen LogP contribution in [-0.2, 0) is 11.0 Å². The molecule has 11 nitrogen and oxygen atoms in total. The fourth-order valence-corrected chi connectivity index (χ4v) is 2.60. The Morgan fingerprint density at radius 2 is 1.68 bits per heavy atom. The van der Waals surface area contributed by atoms with Crippen LogP contribution in [-0.4, -0.2) is 45.0 Å². The third-order valence-electron chi connectivity index (χ3n) is 4.15. The highest BCUT2D eigenvalue weighted by atomic mass is 19.4. The second-order valence-electron chi connectivity index (χ2n) is 6.58. The van der Waals surface area contributed by atoms with Gasteiger partial charge >= 0.3 is 18.2 Å². The molecule has 0 aliphatic heterocycles. The van der Waals surface area contributed by atoms with Gasteiger partial charge in [0.05, 0.1) is 25.6 Å². The first kappa shape index (κ1) is 24.2. The molecule has 3 rings (SSSR count). The number of aromatic nitrogens is 5. The number of benzene rings is 1. The molecular formula is C20H19F3N8O3. The molecule has 0 saturated heterocycles. The van der Waals surface area contributed by atoms with Gasteiger partial charge < -0.3 is 20.1 Å². The smallest absolute Gasteiger partial charge is 0.421 e. The van der Waals surface area contributed by atoms with Crippen molar-refractivity contribution < 1.29 is 27.4 Å². The third kappa shape index (κ3) is 5.85. The van der Waals surface area contributed by atoms with E-state index in [1.165, 1.54) is 20.3 Å². The first-order valence-electron chi connectivity index (χ1n) is 9.49. The van der Waals surface area contributed by atoms with Gasteiger partial charge in [-0.1, -0.05) is 12.6 Å². The van der Waals surface area contributed by atoms with E-state index in [4.69, 9.17) is 9.47 Å². The molecule has 14 heteroatoms. The molecular weight excluding hydrogens is 457 g/mol. The van der Waals surface area contributed by atoms with Crippen LogP contribution in [0.25, 0.3) is 0 Å². The Balaban J connectivity index is 2.01. The lowest BCUT2D eigenvalue weighted by Gasteiger charge is -2.17. The molecule has 0 bridgehead atoms. The monoisotopic (exact) mass is 476 g/mol. The van der Waals surface area contributed by atoms with Crippen LogP contribution in [0.1, 0.15) is 11.1 Å². The van der Waals surface area contributed by atoms with Gasteiger partial charge in [-0.15, -0.1) is 4.98 Å². The number of alkyl halides is 3. The minimum Gasteiger partial charge on any atom is -0.467 e. The van der Waals surface area contributed by atoms with Crippen molar-refractivity contribution in [2.75, 3.05) is 30.2 Å². The summed E-state index contributed by atoms with van der Waals surface area (Å²) in [5.74, 6) is -1.48. The predicted octanol–water partition coefficient (Wildman–Crippen LogP) is 3.62. The molecule has 178 valence electrons. The molecule has 2 heterocycles. The number of hydrogen-bond acceptors (Lipinski definition) is 10. The number of aryl methyl sites for hydroxylation is 1. The number of hydrogen-bond donors (Lipinski definition) is 3. The molecule has 2 aromatic heterocycles. The fraction of sp³-hybridized carbons (Fsp3) is 0.200. The van der Waals surface area contributed by atoms with Gasteiger partial charge in [-0.05, 0) is 30.7 Å². The van der Waals surface area contributed by atoms with Crippen molar-refractivity contribution in [3.63, 3.8) is 0 Å². The maximum absolute atomic E-state index is 13.6. The summed E-state index contributed by atoms with van der Waals surface area (Å²) in [7, 11) is 2.64. The lowest BCUT2D eigenvalue weighted by molar-refractivity contribution is -0.137. The Morgan fingerprint density at radius 1 is 1.00 bits per heavy atom. The van der Waals surface area contributed by atoms with E-state index in [0.717, 1.165) is 11.6 Å². The van der Waals surface area contributed by atoms with Crippen LogP contribution in [0.3, 0.4) is 0 Å². The molecule has 0 radical (unpaired) electrons. The Bertz CT molecular complexity index is 1200. The molecule has 0 saturated carbocycles. The van der Waals surface area contributed by atoms with Crippen molar-refractivity contribution in [1.29, 1.82) is 0 Å². The van der Waals surface area contributed by atoms with Gasteiger partial charge in [-0.3, -0.25) is 10.1 Å². The summed E-state index contributed by atoms with van der Waals surface area (Å²) in [6.45, 7) is 5.13. The number of carbonyl (C=O) groups is 1. The van der Waals surface area contributed by atoms with Crippen molar-refractivity contribution in [2.24, 2.45) is 0 Å². The van der Waals surface area contributed by atoms with Crippen molar-refractivity contribution >= 4 is 35.0 Å². The van der Waals surface area contributed by atoms with Gasteiger partial charge in [-0.25, -0.2) is 4.98 Å². The highest BCUT2D eigenvalue weighted by Crippen LogP contribution is 2.36. The molecule has 1 aromatic carbocycles. The van der Waals surface area contributed by atoms with Gasteiger partial charge in [0.15, 0.2) is 0 Å². The molecule has 3 N–H and O–H groups in total. The summed E-state index contributed by atoms with van der Waals surface area (Å²) in [6.07, 6.45) is -3.13. The van der Waals surface area contributed by atoms with Crippen LogP contribution >= 0.6 is 0 Å². The Morgan fingerprint density at radius 3 is 2.26 bits per heavy atom.